The van der Waals surface area contributed by atoms with Gasteiger partial charge >= 0.3 is 0 Å². The van der Waals surface area contributed by atoms with Gasteiger partial charge in [-0.2, -0.15) is 0 Å². The molecular weight excluding hydrogens is 513 g/mol. The third-order valence-electron chi connectivity index (χ3n) is 3.94. The summed E-state index contributed by atoms with van der Waals surface area (Å²) in [6.07, 6.45) is 1.70. The molecule has 0 N–H and O–H groups in total. The van der Waals surface area contributed by atoms with Crippen LogP contribution in [0.5, 0.6) is 11.5 Å². The summed E-state index contributed by atoms with van der Waals surface area (Å²) >= 11 is 9.08. The third-order valence-corrected chi connectivity index (χ3v) is 5.89. The van der Waals surface area contributed by atoms with Crippen LogP contribution in [0.4, 0.5) is 4.79 Å². The van der Waals surface area contributed by atoms with Gasteiger partial charge in [-0.3, -0.25) is 14.5 Å². The quantitative estimate of drug-likeness (QED) is 0.361. The van der Waals surface area contributed by atoms with E-state index in [1.54, 1.807) is 37.5 Å². The Morgan fingerprint density at radius 3 is 2.71 bits per heavy atom. The fourth-order valence-electron chi connectivity index (χ4n) is 2.71. The Balaban J connectivity index is 1.86. The number of thioether (sulfide) groups is 1. The number of ether oxygens (including phenoxy) is 2. The first-order valence-corrected chi connectivity index (χ1v) is 10.7. The van der Waals surface area contributed by atoms with E-state index in [1.807, 2.05) is 19.1 Å². The molecule has 2 aromatic carbocycles. The molecule has 0 atom stereocenters. The van der Waals surface area contributed by atoms with E-state index in [-0.39, 0.29) is 17.7 Å². The van der Waals surface area contributed by atoms with Crippen LogP contribution < -0.4 is 9.47 Å². The lowest BCUT2D eigenvalue weighted by Crippen LogP contribution is -2.27. The molecule has 0 radical (unpaired) electrons. The second kappa shape index (κ2) is 9.19. The minimum absolute atomic E-state index is 0.187. The van der Waals surface area contributed by atoms with E-state index in [9.17, 15) is 9.59 Å². The van der Waals surface area contributed by atoms with E-state index < -0.39 is 0 Å². The van der Waals surface area contributed by atoms with Gasteiger partial charge in [-0.15, -0.1) is 0 Å². The van der Waals surface area contributed by atoms with Gasteiger partial charge in [0.2, 0.25) is 0 Å². The van der Waals surface area contributed by atoms with Crippen LogP contribution >= 0.6 is 46.0 Å². The van der Waals surface area contributed by atoms with E-state index in [1.165, 1.54) is 4.90 Å². The Morgan fingerprint density at radius 1 is 1.25 bits per heavy atom. The fourth-order valence-corrected chi connectivity index (χ4v) is 4.55. The van der Waals surface area contributed by atoms with E-state index in [2.05, 4.69) is 22.6 Å². The SMILES string of the molecule is CCOc1c(I)cc(/C=C2\SC(=O)N(Cc3cccc(Cl)c3)C2=O)cc1OC. The number of hydrogen-bond acceptors (Lipinski definition) is 5. The fraction of sp³-hybridized carbons (Fsp3) is 0.200. The molecule has 0 unspecified atom stereocenters. The van der Waals surface area contributed by atoms with Gasteiger partial charge < -0.3 is 9.47 Å². The number of hydrogen-bond donors (Lipinski definition) is 0. The van der Waals surface area contributed by atoms with Crippen molar-refractivity contribution in [3.63, 3.8) is 0 Å². The molecule has 28 heavy (non-hydrogen) atoms. The number of carbonyl (C=O) groups is 2. The van der Waals surface area contributed by atoms with Gasteiger partial charge in [0.05, 0.1) is 28.7 Å². The second-order valence-corrected chi connectivity index (χ2v) is 8.46. The summed E-state index contributed by atoms with van der Waals surface area (Å²) in [6.45, 7) is 2.61. The molecule has 5 nitrogen and oxygen atoms in total. The first kappa shape index (κ1) is 21.0. The van der Waals surface area contributed by atoms with E-state index in [0.717, 1.165) is 26.5 Å². The molecular formula is C20H17ClINO4S. The van der Waals surface area contributed by atoms with Crippen molar-refractivity contribution in [2.75, 3.05) is 13.7 Å². The maximum Gasteiger partial charge on any atom is 0.293 e. The number of benzene rings is 2. The topological polar surface area (TPSA) is 55.8 Å². The number of rotatable bonds is 6. The molecule has 0 saturated carbocycles. The van der Waals surface area contributed by atoms with Crippen LogP contribution in [0.3, 0.4) is 0 Å². The average molecular weight is 530 g/mol. The molecule has 0 aliphatic carbocycles. The van der Waals surface area contributed by atoms with Crippen LogP contribution in [0.1, 0.15) is 18.1 Å². The van der Waals surface area contributed by atoms with E-state index in [4.69, 9.17) is 21.1 Å². The van der Waals surface area contributed by atoms with Gasteiger partial charge in [0, 0.05) is 5.02 Å². The normalized spacial score (nSPS) is 15.4. The molecule has 146 valence electrons. The first-order valence-electron chi connectivity index (χ1n) is 8.43. The van der Waals surface area contributed by atoms with Crippen molar-refractivity contribution in [3.8, 4) is 11.5 Å². The lowest BCUT2D eigenvalue weighted by Gasteiger charge is -2.13. The number of nitrogens with zero attached hydrogens (tertiary/aromatic N) is 1. The van der Waals surface area contributed by atoms with E-state index >= 15 is 0 Å². The molecule has 8 heteroatoms. The van der Waals surface area contributed by atoms with Crippen LogP contribution in [0.2, 0.25) is 5.02 Å². The average Bonchev–Trinajstić information content (AvgIpc) is 2.91. The van der Waals surface area contributed by atoms with Crippen molar-refractivity contribution in [1.29, 1.82) is 0 Å². The minimum atomic E-state index is -0.321. The molecule has 1 saturated heterocycles. The van der Waals surface area contributed by atoms with Crippen molar-refractivity contribution in [2.45, 2.75) is 13.5 Å². The van der Waals surface area contributed by atoms with Crippen LogP contribution in [-0.4, -0.2) is 29.8 Å². The highest BCUT2D eigenvalue weighted by Gasteiger charge is 2.35. The Bertz CT molecular complexity index is 963. The van der Waals surface area contributed by atoms with Gasteiger partial charge in [0.25, 0.3) is 11.1 Å². The largest absolute Gasteiger partial charge is 0.493 e. The summed E-state index contributed by atoms with van der Waals surface area (Å²) in [6, 6.07) is 10.8. The smallest absolute Gasteiger partial charge is 0.293 e. The van der Waals surface area contributed by atoms with Gasteiger partial charge in [-0.1, -0.05) is 23.7 Å². The van der Waals surface area contributed by atoms with E-state index in [0.29, 0.717) is 28.0 Å². The van der Waals surface area contributed by atoms with Crippen LogP contribution in [0, 0.1) is 3.57 Å². The zero-order chi connectivity index (χ0) is 20.3. The molecule has 0 aromatic heterocycles. The third kappa shape index (κ3) is 4.64. The Kier molecular flexibility index (Phi) is 6.90. The predicted octanol–water partition coefficient (Wildman–Crippen LogP) is 5.59. The summed E-state index contributed by atoms with van der Waals surface area (Å²) in [5.74, 6) is 0.924. The van der Waals surface area contributed by atoms with Crippen molar-refractivity contribution >= 4 is 63.2 Å². The Morgan fingerprint density at radius 2 is 2.04 bits per heavy atom. The van der Waals surface area contributed by atoms with Crippen molar-refractivity contribution in [1.82, 2.24) is 4.90 Å². The van der Waals surface area contributed by atoms with Crippen molar-refractivity contribution in [2.24, 2.45) is 0 Å². The number of amides is 2. The number of halogens is 2. The van der Waals surface area contributed by atoms with Gasteiger partial charge in [-0.25, -0.2) is 0 Å². The molecule has 1 fully saturated rings. The predicted molar refractivity (Wildman–Crippen MR) is 120 cm³/mol. The number of methoxy groups -OCH3 is 1. The second-order valence-electron chi connectivity index (χ2n) is 5.86. The summed E-state index contributed by atoms with van der Waals surface area (Å²) in [4.78, 5) is 26.7. The van der Waals surface area contributed by atoms with Gasteiger partial charge in [0.15, 0.2) is 11.5 Å². The minimum Gasteiger partial charge on any atom is -0.493 e. The standard InChI is InChI=1S/C20H17ClINO4S/c1-3-27-18-15(22)8-13(9-16(18)26-2)10-17-19(24)23(20(25)28-17)11-12-5-4-6-14(21)7-12/h4-10H,3,11H2,1-2H3/b17-10-. The summed E-state index contributed by atoms with van der Waals surface area (Å²) in [7, 11) is 1.57. The first-order chi connectivity index (χ1) is 13.4. The molecule has 2 aromatic rings. The highest BCUT2D eigenvalue weighted by atomic mass is 127. The molecule has 0 bridgehead atoms. The molecule has 1 aliphatic rings. The van der Waals surface area contributed by atoms with Crippen molar-refractivity contribution < 1.29 is 19.1 Å². The monoisotopic (exact) mass is 529 g/mol. The molecule has 1 aliphatic heterocycles. The van der Waals surface area contributed by atoms with Gasteiger partial charge in [-0.05, 0) is 82.7 Å². The highest BCUT2D eigenvalue weighted by molar-refractivity contribution is 14.1. The lowest BCUT2D eigenvalue weighted by molar-refractivity contribution is -0.123. The molecule has 0 spiro atoms. The number of imide groups is 1. The molecule has 1 heterocycles. The Labute approximate surface area is 186 Å². The van der Waals surface area contributed by atoms with Crippen LogP contribution in [0.15, 0.2) is 41.3 Å². The summed E-state index contributed by atoms with van der Waals surface area (Å²) in [5.41, 5.74) is 1.56. The Hall–Kier alpha value is -1.71. The molecule has 3 rings (SSSR count). The number of carbonyl (C=O) groups excluding carboxylic acids is 2. The van der Waals surface area contributed by atoms with Gasteiger partial charge in [0.1, 0.15) is 0 Å². The van der Waals surface area contributed by atoms with Crippen molar-refractivity contribution in [3.05, 3.63) is 61.0 Å². The summed E-state index contributed by atoms with van der Waals surface area (Å²) < 4.78 is 11.9. The maximum absolute atomic E-state index is 12.7. The van der Waals surface area contributed by atoms with Crippen LogP contribution in [-0.2, 0) is 11.3 Å². The van der Waals surface area contributed by atoms with Crippen LogP contribution in [0.25, 0.3) is 6.08 Å². The zero-order valence-electron chi connectivity index (χ0n) is 15.2. The zero-order valence-corrected chi connectivity index (χ0v) is 18.9. The molecule has 2 amide bonds. The maximum atomic E-state index is 12.7. The lowest BCUT2D eigenvalue weighted by atomic mass is 10.1. The highest BCUT2D eigenvalue weighted by Crippen LogP contribution is 2.37. The summed E-state index contributed by atoms with van der Waals surface area (Å²) in [5, 5.41) is 0.264.